The Morgan fingerprint density at radius 2 is 2.33 bits per heavy atom. The van der Waals surface area contributed by atoms with Gasteiger partial charge in [0.2, 0.25) is 5.91 Å². The first-order chi connectivity index (χ1) is 8.56. The van der Waals surface area contributed by atoms with Gasteiger partial charge in [0, 0.05) is 22.6 Å². The number of hydrogen-bond donors (Lipinski definition) is 1. The number of carbonyl (C=O) groups excluding carboxylic acids is 1. The first-order valence-electron chi connectivity index (χ1n) is 6.32. The molecule has 1 aliphatic rings. The van der Waals surface area contributed by atoms with Crippen LogP contribution in [-0.2, 0) is 4.79 Å². The second kappa shape index (κ2) is 5.85. The monoisotopic (exact) mass is 310 g/mol. The molecule has 1 atom stereocenters. The highest BCUT2D eigenvalue weighted by Gasteiger charge is 2.23. The number of aryl methyl sites for hydroxylation is 1. The quantitative estimate of drug-likeness (QED) is 0.930. The molecule has 0 aromatic heterocycles. The van der Waals surface area contributed by atoms with Crippen LogP contribution in [0.25, 0.3) is 0 Å². The van der Waals surface area contributed by atoms with Crippen LogP contribution in [0, 0.1) is 6.92 Å². The molecule has 0 aliphatic carbocycles. The topological polar surface area (TPSA) is 32.3 Å². The first-order valence-corrected chi connectivity index (χ1v) is 7.12. The Balaban J connectivity index is 1.92. The molecular formula is C14H19BrN2O. The minimum absolute atomic E-state index is 0.101. The Hall–Kier alpha value is -0.870. The van der Waals surface area contributed by atoms with Gasteiger partial charge in [-0.15, -0.1) is 0 Å². The fourth-order valence-corrected chi connectivity index (χ4v) is 2.71. The molecule has 4 heteroatoms. The van der Waals surface area contributed by atoms with E-state index >= 15 is 0 Å². The average Bonchev–Trinajstić information content (AvgIpc) is 2.70. The van der Waals surface area contributed by atoms with Gasteiger partial charge in [0.15, 0.2) is 0 Å². The molecule has 1 unspecified atom stereocenters. The average molecular weight is 311 g/mol. The van der Waals surface area contributed by atoms with Crippen molar-refractivity contribution in [2.24, 2.45) is 0 Å². The lowest BCUT2D eigenvalue weighted by Crippen LogP contribution is -2.29. The molecule has 98 valence electrons. The van der Waals surface area contributed by atoms with Crippen LogP contribution >= 0.6 is 15.9 Å². The van der Waals surface area contributed by atoms with Crippen LogP contribution < -0.4 is 5.32 Å². The Bertz CT molecular complexity index is 447. The number of hydrogen-bond acceptors (Lipinski definition) is 2. The van der Waals surface area contributed by atoms with Crippen molar-refractivity contribution in [1.29, 1.82) is 0 Å². The number of benzene rings is 1. The van der Waals surface area contributed by atoms with Crippen LogP contribution in [0.3, 0.4) is 0 Å². The largest absolute Gasteiger partial charge is 0.326 e. The lowest BCUT2D eigenvalue weighted by Gasteiger charge is -2.18. The van der Waals surface area contributed by atoms with E-state index in [-0.39, 0.29) is 5.91 Å². The van der Waals surface area contributed by atoms with E-state index in [4.69, 9.17) is 0 Å². The number of anilines is 1. The molecule has 1 heterocycles. The fourth-order valence-electron chi connectivity index (χ4n) is 2.33. The third-order valence-corrected chi connectivity index (χ3v) is 4.40. The number of amides is 1. The summed E-state index contributed by atoms with van der Waals surface area (Å²) < 4.78 is 1.03. The second-order valence-electron chi connectivity index (χ2n) is 4.99. The summed E-state index contributed by atoms with van der Waals surface area (Å²) in [6.07, 6.45) is 2.91. The van der Waals surface area contributed by atoms with E-state index in [9.17, 15) is 4.79 Å². The van der Waals surface area contributed by atoms with Crippen molar-refractivity contribution < 1.29 is 4.79 Å². The van der Waals surface area contributed by atoms with E-state index < -0.39 is 0 Å². The van der Waals surface area contributed by atoms with Crippen molar-refractivity contribution in [3.63, 3.8) is 0 Å². The Morgan fingerprint density at radius 1 is 1.56 bits per heavy atom. The smallest absolute Gasteiger partial charge is 0.225 e. The zero-order chi connectivity index (χ0) is 13.1. The van der Waals surface area contributed by atoms with Crippen LogP contribution in [0.5, 0.6) is 0 Å². The zero-order valence-electron chi connectivity index (χ0n) is 10.9. The molecule has 18 heavy (non-hydrogen) atoms. The van der Waals surface area contributed by atoms with Gasteiger partial charge in [-0.2, -0.15) is 0 Å². The fraction of sp³-hybridized carbons (Fsp3) is 0.500. The number of halogens is 1. The van der Waals surface area contributed by atoms with E-state index in [0.717, 1.165) is 23.1 Å². The van der Waals surface area contributed by atoms with E-state index in [0.29, 0.717) is 12.5 Å². The maximum atomic E-state index is 12.0. The second-order valence-corrected chi connectivity index (χ2v) is 5.85. The predicted octanol–water partition coefficient (Wildman–Crippen LogP) is 3.18. The molecule has 0 spiro atoms. The van der Waals surface area contributed by atoms with Crippen LogP contribution in [-0.4, -0.2) is 30.4 Å². The van der Waals surface area contributed by atoms with E-state index in [1.807, 2.05) is 25.1 Å². The molecule has 1 N–H and O–H groups in total. The van der Waals surface area contributed by atoms with Crippen molar-refractivity contribution in [3.05, 3.63) is 28.2 Å². The van der Waals surface area contributed by atoms with Crippen LogP contribution in [0.2, 0.25) is 0 Å². The normalized spacial score (nSPS) is 20.1. The third kappa shape index (κ3) is 3.33. The van der Waals surface area contributed by atoms with Gasteiger partial charge in [-0.25, -0.2) is 0 Å². The molecule has 1 amide bonds. The van der Waals surface area contributed by atoms with Crippen molar-refractivity contribution in [3.8, 4) is 0 Å². The van der Waals surface area contributed by atoms with Gasteiger partial charge in [-0.3, -0.25) is 4.79 Å². The lowest BCUT2D eigenvalue weighted by molar-refractivity contribution is -0.117. The molecule has 1 aromatic carbocycles. The summed E-state index contributed by atoms with van der Waals surface area (Å²) in [5.74, 6) is 0.101. The summed E-state index contributed by atoms with van der Waals surface area (Å²) in [5, 5.41) is 2.96. The van der Waals surface area contributed by atoms with Gasteiger partial charge < -0.3 is 10.2 Å². The van der Waals surface area contributed by atoms with Crippen LogP contribution in [0.4, 0.5) is 5.69 Å². The molecule has 1 aliphatic heterocycles. The van der Waals surface area contributed by atoms with E-state index in [1.54, 1.807) is 0 Å². The maximum Gasteiger partial charge on any atom is 0.225 e. The minimum atomic E-state index is 0.101. The maximum absolute atomic E-state index is 12.0. The highest BCUT2D eigenvalue weighted by atomic mass is 79.9. The Labute approximate surface area is 117 Å². The van der Waals surface area contributed by atoms with Crippen LogP contribution in [0.1, 0.15) is 24.8 Å². The Kier molecular flexibility index (Phi) is 4.40. The highest BCUT2D eigenvalue weighted by Crippen LogP contribution is 2.22. The third-order valence-electron chi connectivity index (χ3n) is 3.55. The summed E-state index contributed by atoms with van der Waals surface area (Å²) in [7, 11) is 2.09. The van der Waals surface area contributed by atoms with Crippen molar-refractivity contribution in [2.45, 2.75) is 32.2 Å². The molecule has 2 rings (SSSR count). The van der Waals surface area contributed by atoms with Crippen molar-refractivity contribution in [2.75, 3.05) is 18.9 Å². The number of likely N-dealkylation sites (tertiary alicyclic amines) is 1. The summed E-state index contributed by atoms with van der Waals surface area (Å²) in [4.78, 5) is 14.2. The van der Waals surface area contributed by atoms with Gasteiger partial charge in [-0.05, 0) is 51.1 Å². The molecule has 3 nitrogen and oxygen atoms in total. The van der Waals surface area contributed by atoms with E-state index in [2.05, 4.69) is 33.2 Å². The molecule has 0 bridgehead atoms. The summed E-state index contributed by atoms with van der Waals surface area (Å²) >= 11 is 3.47. The molecular weight excluding hydrogens is 292 g/mol. The van der Waals surface area contributed by atoms with Gasteiger partial charge >= 0.3 is 0 Å². The van der Waals surface area contributed by atoms with Crippen molar-refractivity contribution >= 4 is 27.5 Å². The van der Waals surface area contributed by atoms with Gasteiger partial charge in [0.05, 0.1) is 0 Å². The highest BCUT2D eigenvalue weighted by molar-refractivity contribution is 9.10. The summed E-state index contributed by atoms with van der Waals surface area (Å²) in [5.41, 5.74) is 2.03. The zero-order valence-corrected chi connectivity index (χ0v) is 12.5. The Morgan fingerprint density at radius 3 is 2.94 bits per heavy atom. The lowest BCUT2D eigenvalue weighted by atomic mass is 10.1. The number of carbonyl (C=O) groups is 1. The summed E-state index contributed by atoms with van der Waals surface area (Å²) in [6.45, 7) is 3.14. The number of nitrogens with one attached hydrogen (secondary N) is 1. The van der Waals surface area contributed by atoms with E-state index in [1.165, 1.54) is 12.0 Å². The predicted molar refractivity (Wildman–Crippen MR) is 77.8 cm³/mol. The van der Waals surface area contributed by atoms with Gasteiger partial charge in [-0.1, -0.05) is 22.0 Å². The molecule has 1 saturated heterocycles. The molecule has 0 saturated carbocycles. The van der Waals surface area contributed by atoms with Gasteiger partial charge in [0.1, 0.15) is 0 Å². The van der Waals surface area contributed by atoms with Crippen molar-refractivity contribution in [1.82, 2.24) is 4.90 Å². The molecule has 1 aromatic rings. The summed E-state index contributed by atoms with van der Waals surface area (Å²) in [6, 6.07) is 6.29. The molecule has 1 fully saturated rings. The first kappa shape index (κ1) is 13.6. The van der Waals surface area contributed by atoms with Gasteiger partial charge in [0.25, 0.3) is 0 Å². The number of nitrogens with zero attached hydrogens (tertiary/aromatic N) is 1. The van der Waals surface area contributed by atoms with Crippen LogP contribution in [0.15, 0.2) is 22.7 Å². The molecule has 0 radical (unpaired) electrons. The standard InChI is InChI=1S/C14H19BrN2O/c1-10-5-6-11(8-13(10)15)16-14(18)9-12-4-3-7-17(12)2/h5-6,8,12H,3-4,7,9H2,1-2H3,(H,16,18). The SMILES string of the molecule is Cc1ccc(NC(=O)CC2CCCN2C)cc1Br. The number of rotatable bonds is 3. The minimum Gasteiger partial charge on any atom is -0.326 e.